The highest BCUT2D eigenvalue weighted by molar-refractivity contribution is 6.74. The van der Waals surface area contributed by atoms with Gasteiger partial charge in [-0.3, -0.25) is 4.79 Å². The number of methoxy groups -OCH3 is 1. The predicted octanol–water partition coefficient (Wildman–Crippen LogP) is 6.72. The average Bonchev–Trinajstić information content (AvgIpc) is 3.38. The minimum Gasteiger partial charge on any atom is -0.469 e. The molecule has 0 bridgehead atoms. The van der Waals surface area contributed by atoms with Crippen molar-refractivity contribution in [3.8, 4) is 0 Å². The first-order valence-corrected chi connectivity index (χ1v) is 21.9. The van der Waals surface area contributed by atoms with Crippen LogP contribution < -0.4 is 0 Å². The summed E-state index contributed by atoms with van der Waals surface area (Å²) in [6, 6.07) is 6.52. The first kappa shape index (κ1) is 33.6. The largest absolute Gasteiger partial charge is 0.469 e. The number of fused-ring (bicyclic) bond motifs is 3. The maximum absolute atomic E-state index is 12.1. The van der Waals surface area contributed by atoms with Crippen molar-refractivity contribution in [3.63, 3.8) is 0 Å². The molecule has 4 fully saturated rings. The molecule has 0 amide bonds. The molecule has 0 radical (unpaired) electrons. The molecule has 4 aliphatic rings. The van der Waals surface area contributed by atoms with Crippen LogP contribution in [0.5, 0.6) is 0 Å². The second kappa shape index (κ2) is 14.6. The Morgan fingerprint density at radius 2 is 1.41 bits per heavy atom. The van der Waals surface area contributed by atoms with E-state index in [1.165, 1.54) is 13.5 Å². The van der Waals surface area contributed by atoms with Crippen LogP contribution in [0, 0.1) is 0 Å². The molecule has 238 valence electrons. The Labute approximate surface area is 251 Å². The highest BCUT2D eigenvalue weighted by atomic mass is 28.4. The second-order valence-electron chi connectivity index (χ2n) is 12.8. The van der Waals surface area contributed by atoms with Crippen molar-refractivity contribution in [2.75, 3.05) is 13.7 Å². The summed E-state index contributed by atoms with van der Waals surface area (Å²) >= 11 is 0. The van der Waals surface area contributed by atoms with Crippen molar-refractivity contribution in [2.24, 2.45) is 0 Å². The van der Waals surface area contributed by atoms with Gasteiger partial charge in [0.25, 0.3) is 0 Å². The van der Waals surface area contributed by atoms with E-state index in [2.05, 4.69) is 41.5 Å². The molecule has 4 rings (SSSR count). The average molecular weight is 615 g/mol. The van der Waals surface area contributed by atoms with Crippen LogP contribution in [0.4, 0.5) is 0 Å². The molecule has 1 spiro atoms. The van der Waals surface area contributed by atoms with E-state index in [9.17, 15) is 4.79 Å². The van der Waals surface area contributed by atoms with Gasteiger partial charge in [-0.05, 0) is 61.9 Å². The van der Waals surface area contributed by atoms with Crippen molar-refractivity contribution >= 4 is 22.6 Å². The van der Waals surface area contributed by atoms with Crippen LogP contribution in [-0.2, 0) is 37.3 Å². The molecule has 1 saturated carbocycles. The Morgan fingerprint density at radius 3 is 2.00 bits per heavy atom. The molecule has 0 aromatic rings. The maximum Gasteiger partial charge on any atom is 0.308 e. The van der Waals surface area contributed by atoms with Crippen molar-refractivity contribution in [2.45, 2.75) is 178 Å². The normalized spacial score (nSPS) is 32.4. The Balaban J connectivity index is 1.65. The first-order chi connectivity index (χ1) is 19.7. The Hall–Kier alpha value is -0.336. The van der Waals surface area contributed by atoms with Crippen LogP contribution in [0.1, 0.15) is 92.9 Å². The third-order valence-corrected chi connectivity index (χ3v) is 20.2. The minimum absolute atomic E-state index is 0.130. The number of carbonyl (C=O) groups excluding carboxylic acids is 1. The van der Waals surface area contributed by atoms with Crippen molar-refractivity contribution in [1.82, 2.24) is 0 Å². The Kier molecular flexibility index (Phi) is 12.0. The molecule has 1 aliphatic carbocycles. The number of hydrogen-bond donors (Lipinski definition) is 0. The monoisotopic (exact) mass is 614 g/mol. The summed E-state index contributed by atoms with van der Waals surface area (Å²) in [6.45, 7) is 14.2. The van der Waals surface area contributed by atoms with E-state index in [1.807, 2.05) is 0 Å². The molecule has 0 aromatic heterocycles. The number of rotatable bonds is 14. The summed E-state index contributed by atoms with van der Waals surface area (Å²) in [7, 11) is -2.40. The quantitative estimate of drug-likeness (QED) is 0.158. The van der Waals surface area contributed by atoms with E-state index >= 15 is 0 Å². The molecule has 8 nitrogen and oxygen atoms in total. The molecule has 3 heterocycles. The molecule has 3 aliphatic heterocycles. The zero-order valence-electron chi connectivity index (χ0n) is 26.9. The fourth-order valence-electron chi connectivity index (χ4n) is 7.65. The molecular formula is C31H58O8Si2. The first-order valence-electron chi connectivity index (χ1n) is 16.8. The summed E-state index contributed by atoms with van der Waals surface area (Å²) in [4.78, 5) is 12.1. The number of carbonyl (C=O) groups is 1. The molecule has 3 saturated heterocycles. The third-order valence-electron chi connectivity index (χ3n) is 10.9. The van der Waals surface area contributed by atoms with E-state index in [0.717, 1.165) is 74.8 Å². The zero-order chi connectivity index (χ0) is 29.7. The van der Waals surface area contributed by atoms with Crippen LogP contribution >= 0.6 is 0 Å². The highest BCUT2D eigenvalue weighted by Crippen LogP contribution is 2.48. The summed E-state index contributed by atoms with van der Waals surface area (Å²) in [5, 5.41) is 0. The lowest BCUT2D eigenvalue weighted by molar-refractivity contribution is -0.254. The number of esters is 1. The molecule has 0 aromatic carbocycles. The van der Waals surface area contributed by atoms with Gasteiger partial charge in [-0.1, -0.05) is 48.0 Å². The van der Waals surface area contributed by atoms with Crippen LogP contribution in [0.15, 0.2) is 0 Å². The van der Waals surface area contributed by atoms with Crippen molar-refractivity contribution in [3.05, 3.63) is 0 Å². The molecule has 1 unspecified atom stereocenters. The number of hydrogen-bond acceptors (Lipinski definition) is 8. The van der Waals surface area contributed by atoms with E-state index in [0.29, 0.717) is 6.61 Å². The Bertz CT molecular complexity index is 812. The summed E-state index contributed by atoms with van der Waals surface area (Å²) in [6.07, 6.45) is 5.38. The highest BCUT2D eigenvalue weighted by Gasteiger charge is 2.61. The lowest BCUT2D eigenvalue weighted by Crippen LogP contribution is -2.64. The zero-order valence-corrected chi connectivity index (χ0v) is 28.9. The fraction of sp³-hybridized carbons (Fsp3) is 0.968. The second-order valence-corrected chi connectivity index (χ2v) is 22.3. The van der Waals surface area contributed by atoms with Crippen LogP contribution in [0.3, 0.4) is 0 Å². The minimum atomic E-state index is -1.98. The molecule has 41 heavy (non-hydrogen) atoms. The lowest BCUT2D eigenvalue weighted by atomic mass is 9.87. The van der Waals surface area contributed by atoms with Gasteiger partial charge in [0.2, 0.25) is 0 Å². The van der Waals surface area contributed by atoms with Gasteiger partial charge >= 0.3 is 5.97 Å². The van der Waals surface area contributed by atoms with E-state index in [1.54, 1.807) is 0 Å². The van der Waals surface area contributed by atoms with Gasteiger partial charge in [-0.2, -0.15) is 0 Å². The van der Waals surface area contributed by atoms with Crippen molar-refractivity contribution < 1.29 is 37.3 Å². The van der Waals surface area contributed by atoms with Gasteiger partial charge in [0.05, 0.1) is 38.4 Å². The van der Waals surface area contributed by atoms with E-state index in [-0.39, 0.29) is 55.1 Å². The smallest absolute Gasteiger partial charge is 0.308 e. The lowest BCUT2D eigenvalue weighted by Gasteiger charge is -2.49. The van der Waals surface area contributed by atoms with Gasteiger partial charge in [0, 0.05) is 12.8 Å². The summed E-state index contributed by atoms with van der Waals surface area (Å²) in [5.74, 6) is -0.828. The van der Waals surface area contributed by atoms with Gasteiger partial charge in [0.1, 0.15) is 24.4 Å². The van der Waals surface area contributed by atoms with Crippen LogP contribution in [0.25, 0.3) is 0 Å². The van der Waals surface area contributed by atoms with Gasteiger partial charge in [-0.15, -0.1) is 0 Å². The molecule has 0 N–H and O–H groups in total. The van der Waals surface area contributed by atoms with Crippen LogP contribution in [-0.4, -0.2) is 84.8 Å². The summed E-state index contributed by atoms with van der Waals surface area (Å²) in [5.41, 5.74) is 0. The summed E-state index contributed by atoms with van der Waals surface area (Å²) < 4.78 is 46.7. The SMILES string of the molecule is CC[Si](CC)(CC)OCC(O[Si](CC)(CC)CC)[C@@H]1O[C@H]2CC[C@H](CC(=O)OC)O[C@@H]2[C@@H]2OC3(CCCCC3)O[C@@H]21. The van der Waals surface area contributed by atoms with E-state index < -0.39 is 22.4 Å². The number of ether oxygens (including phenoxy) is 5. The predicted molar refractivity (Wildman–Crippen MR) is 164 cm³/mol. The van der Waals surface area contributed by atoms with E-state index in [4.69, 9.17) is 32.5 Å². The van der Waals surface area contributed by atoms with Crippen LogP contribution in [0.2, 0.25) is 36.3 Å². The van der Waals surface area contributed by atoms with Gasteiger partial charge in [-0.25, -0.2) is 0 Å². The molecule has 7 atom stereocenters. The topological polar surface area (TPSA) is 81.7 Å². The molecule has 10 heteroatoms. The fourth-order valence-corrected chi connectivity index (χ4v) is 13.1. The standard InChI is InChI=1S/C31H58O8Si2/c1-8-40(9-2,10-3)34-22-25(39-41(11-4,12-5)13-6)28-30-29(37-31(38-30)19-15-14-16-20-31)27-24(36-28)18-17-23(35-27)21-26(32)33-7/h23-25,27-30H,8-22H2,1-7H3/t23-,24+,25?,27+,28+,29+,30-/m1/s1. The van der Waals surface area contributed by atoms with Gasteiger partial charge < -0.3 is 32.5 Å². The third kappa shape index (κ3) is 7.32. The van der Waals surface area contributed by atoms with Gasteiger partial charge in [0.15, 0.2) is 22.4 Å². The Morgan fingerprint density at radius 1 is 0.805 bits per heavy atom. The maximum atomic E-state index is 12.1. The molecular weight excluding hydrogens is 557 g/mol. The van der Waals surface area contributed by atoms with Crippen molar-refractivity contribution in [1.29, 1.82) is 0 Å².